The molecule has 1 aromatic carbocycles. The predicted octanol–water partition coefficient (Wildman–Crippen LogP) is 2.32. The van der Waals surface area contributed by atoms with E-state index in [0.29, 0.717) is 44.0 Å². The van der Waals surface area contributed by atoms with Gasteiger partial charge in [-0.2, -0.15) is 5.26 Å². The van der Waals surface area contributed by atoms with Gasteiger partial charge in [0.25, 0.3) is 0 Å². The molecule has 0 N–H and O–H groups in total. The van der Waals surface area contributed by atoms with Crippen molar-refractivity contribution in [1.82, 2.24) is 0 Å². The van der Waals surface area contributed by atoms with Gasteiger partial charge in [0.2, 0.25) is 0 Å². The van der Waals surface area contributed by atoms with Gasteiger partial charge in [0.05, 0.1) is 29.9 Å². The fourth-order valence-corrected chi connectivity index (χ4v) is 3.33. The van der Waals surface area contributed by atoms with E-state index in [4.69, 9.17) is 14.7 Å². The van der Waals surface area contributed by atoms with Gasteiger partial charge in [-0.25, -0.2) is 8.42 Å². The highest BCUT2D eigenvalue weighted by molar-refractivity contribution is 7.91. The number of benzene rings is 1. The van der Waals surface area contributed by atoms with E-state index in [1.165, 1.54) is 6.07 Å². The van der Waals surface area contributed by atoms with E-state index in [2.05, 4.69) is 0 Å². The molecule has 0 atom stereocenters. The zero-order valence-electron chi connectivity index (χ0n) is 11.2. The first-order valence-electron chi connectivity index (χ1n) is 6.63. The Morgan fingerprint density at radius 3 is 2.65 bits per heavy atom. The number of nitriles is 1. The maximum atomic E-state index is 12.2. The molecule has 20 heavy (non-hydrogen) atoms. The highest BCUT2D eigenvalue weighted by Crippen LogP contribution is 2.32. The third-order valence-electron chi connectivity index (χ3n) is 3.03. The van der Waals surface area contributed by atoms with Gasteiger partial charge in [-0.15, -0.1) is 0 Å². The average Bonchev–Trinajstić information content (AvgIpc) is 2.68. The van der Waals surface area contributed by atoms with E-state index in [0.717, 1.165) is 6.42 Å². The minimum absolute atomic E-state index is 0.0499. The molecule has 0 spiro atoms. The van der Waals surface area contributed by atoms with Crippen LogP contribution in [0.4, 0.5) is 0 Å². The van der Waals surface area contributed by atoms with E-state index >= 15 is 0 Å². The topological polar surface area (TPSA) is 76.4 Å². The highest BCUT2D eigenvalue weighted by Gasteiger charge is 2.18. The fourth-order valence-electron chi connectivity index (χ4n) is 1.95. The summed E-state index contributed by atoms with van der Waals surface area (Å²) in [6, 6.07) is 6.73. The number of hydrogen-bond donors (Lipinski definition) is 0. The first-order valence-corrected chi connectivity index (χ1v) is 8.28. The van der Waals surface area contributed by atoms with Crippen molar-refractivity contribution in [3.63, 3.8) is 0 Å². The molecule has 0 saturated heterocycles. The lowest BCUT2D eigenvalue weighted by atomic mass is 10.3. The normalized spacial score (nSPS) is 14.3. The van der Waals surface area contributed by atoms with Crippen LogP contribution in [0.5, 0.6) is 11.5 Å². The van der Waals surface area contributed by atoms with Crippen LogP contribution in [0.25, 0.3) is 0 Å². The van der Waals surface area contributed by atoms with E-state index in [1.807, 2.05) is 6.07 Å². The van der Waals surface area contributed by atoms with Crippen LogP contribution in [0.2, 0.25) is 0 Å². The highest BCUT2D eigenvalue weighted by atomic mass is 32.2. The molecule has 0 bridgehead atoms. The molecule has 1 aromatic rings. The van der Waals surface area contributed by atoms with Crippen LogP contribution in [-0.2, 0) is 9.84 Å². The van der Waals surface area contributed by atoms with Crippen LogP contribution in [0.1, 0.15) is 25.7 Å². The summed E-state index contributed by atoms with van der Waals surface area (Å²) in [4.78, 5) is 0.249. The SMILES string of the molecule is N#CCCCCS(=O)(=O)c1ccc2c(c1)OCCCO2. The Morgan fingerprint density at radius 2 is 1.90 bits per heavy atom. The van der Waals surface area contributed by atoms with Crippen LogP contribution in [0.3, 0.4) is 0 Å². The summed E-state index contributed by atoms with van der Waals surface area (Å²) >= 11 is 0. The minimum Gasteiger partial charge on any atom is -0.490 e. The molecule has 108 valence electrons. The Hall–Kier alpha value is -1.74. The fraction of sp³-hybridized carbons (Fsp3) is 0.500. The molecule has 5 nitrogen and oxygen atoms in total. The second-order valence-electron chi connectivity index (χ2n) is 4.59. The molecule has 0 radical (unpaired) electrons. The van der Waals surface area contributed by atoms with Gasteiger partial charge in [0.1, 0.15) is 0 Å². The summed E-state index contributed by atoms with van der Waals surface area (Å²) in [5.41, 5.74) is 0. The number of hydrogen-bond acceptors (Lipinski definition) is 5. The van der Waals surface area contributed by atoms with Gasteiger partial charge in [-0.05, 0) is 25.0 Å². The molecule has 0 fully saturated rings. The van der Waals surface area contributed by atoms with E-state index in [1.54, 1.807) is 12.1 Å². The number of ether oxygens (including phenoxy) is 2. The quantitative estimate of drug-likeness (QED) is 0.779. The maximum absolute atomic E-state index is 12.2. The molecule has 0 unspecified atom stereocenters. The van der Waals surface area contributed by atoms with Crippen molar-refractivity contribution < 1.29 is 17.9 Å². The van der Waals surface area contributed by atoms with E-state index in [-0.39, 0.29) is 10.6 Å². The van der Waals surface area contributed by atoms with Gasteiger partial charge >= 0.3 is 0 Å². The molecular formula is C14H17NO4S. The lowest BCUT2D eigenvalue weighted by Gasteiger charge is -2.09. The Labute approximate surface area is 119 Å². The summed E-state index contributed by atoms with van der Waals surface area (Å²) in [6.45, 7) is 1.10. The number of nitrogens with zero attached hydrogens (tertiary/aromatic N) is 1. The Bertz CT molecular complexity index is 604. The first kappa shape index (κ1) is 14.7. The van der Waals surface area contributed by atoms with Gasteiger partial charge in [-0.3, -0.25) is 0 Å². The van der Waals surface area contributed by atoms with Crippen molar-refractivity contribution in [2.24, 2.45) is 0 Å². The first-order chi connectivity index (χ1) is 9.63. The molecule has 1 aliphatic rings. The smallest absolute Gasteiger partial charge is 0.178 e. The molecule has 0 amide bonds. The van der Waals surface area contributed by atoms with Gasteiger partial charge in [0.15, 0.2) is 21.3 Å². The second-order valence-corrected chi connectivity index (χ2v) is 6.70. The number of sulfone groups is 1. The van der Waals surface area contributed by atoms with Crippen molar-refractivity contribution in [2.45, 2.75) is 30.6 Å². The standard InChI is InChI=1S/C14H17NO4S/c15-7-2-1-3-10-20(16,17)12-5-6-13-14(11-12)19-9-4-8-18-13/h5-6,11H,1-4,8-10H2. The summed E-state index contributed by atoms with van der Waals surface area (Å²) in [6.07, 6.45) is 2.26. The third kappa shape index (κ3) is 3.64. The van der Waals surface area contributed by atoms with Gasteiger partial charge < -0.3 is 9.47 Å². The van der Waals surface area contributed by atoms with E-state index in [9.17, 15) is 8.42 Å². The predicted molar refractivity (Wildman–Crippen MR) is 73.6 cm³/mol. The molecule has 0 saturated carbocycles. The zero-order chi connectivity index (χ0) is 14.4. The van der Waals surface area contributed by atoms with Gasteiger partial charge in [0, 0.05) is 18.9 Å². The summed E-state index contributed by atoms with van der Waals surface area (Å²) < 4.78 is 35.3. The van der Waals surface area contributed by atoms with Crippen molar-refractivity contribution in [1.29, 1.82) is 5.26 Å². The Kier molecular flexibility index (Phi) is 4.85. The van der Waals surface area contributed by atoms with Gasteiger partial charge in [-0.1, -0.05) is 0 Å². The molecule has 6 heteroatoms. The largest absolute Gasteiger partial charge is 0.490 e. The molecule has 2 rings (SSSR count). The van der Waals surface area contributed by atoms with Crippen molar-refractivity contribution in [3.8, 4) is 17.6 Å². The minimum atomic E-state index is -3.33. The number of fused-ring (bicyclic) bond motifs is 1. The molecular weight excluding hydrogens is 278 g/mol. The van der Waals surface area contributed by atoms with Crippen LogP contribution in [0, 0.1) is 11.3 Å². The summed E-state index contributed by atoms with van der Waals surface area (Å²) in [7, 11) is -3.33. The van der Waals surface area contributed by atoms with Crippen molar-refractivity contribution in [2.75, 3.05) is 19.0 Å². The lowest BCUT2D eigenvalue weighted by molar-refractivity contribution is 0.297. The maximum Gasteiger partial charge on any atom is 0.178 e. The number of unbranched alkanes of at least 4 members (excludes halogenated alkanes) is 2. The zero-order valence-corrected chi connectivity index (χ0v) is 12.0. The Balaban J connectivity index is 2.12. The third-order valence-corrected chi connectivity index (χ3v) is 4.83. The number of rotatable bonds is 5. The van der Waals surface area contributed by atoms with Crippen molar-refractivity contribution in [3.05, 3.63) is 18.2 Å². The second kappa shape index (κ2) is 6.62. The Morgan fingerprint density at radius 1 is 1.15 bits per heavy atom. The van der Waals surface area contributed by atoms with E-state index < -0.39 is 9.84 Å². The monoisotopic (exact) mass is 295 g/mol. The van der Waals surface area contributed by atoms with Crippen molar-refractivity contribution >= 4 is 9.84 Å². The summed E-state index contributed by atoms with van der Waals surface area (Å²) in [5.74, 6) is 1.13. The van der Waals surface area contributed by atoms with Crippen LogP contribution >= 0.6 is 0 Å². The average molecular weight is 295 g/mol. The lowest BCUT2D eigenvalue weighted by Crippen LogP contribution is -2.07. The van der Waals surface area contributed by atoms with Crippen LogP contribution in [-0.4, -0.2) is 27.4 Å². The molecule has 0 aromatic heterocycles. The van der Waals surface area contributed by atoms with Crippen LogP contribution in [0.15, 0.2) is 23.1 Å². The molecule has 0 aliphatic carbocycles. The molecule has 1 heterocycles. The van der Waals surface area contributed by atoms with Crippen LogP contribution < -0.4 is 9.47 Å². The molecule has 1 aliphatic heterocycles. The summed E-state index contributed by atoms with van der Waals surface area (Å²) in [5, 5.41) is 8.44.